The third-order valence-corrected chi connectivity index (χ3v) is 9.47. The number of carbonyl (C=O) groups is 1. The normalized spacial score (nSPS) is 22.3. The number of nitrogens with zero attached hydrogens (tertiary/aromatic N) is 7. The van der Waals surface area contributed by atoms with Crippen LogP contribution in [0.25, 0.3) is 10.8 Å². The highest BCUT2D eigenvalue weighted by Crippen LogP contribution is 2.36. The maximum atomic E-state index is 12.6. The van der Waals surface area contributed by atoms with Gasteiger partial charge in [-0.15, -0.1) is 0 Å². The van der Waals surface area contributed by atoms with Gasteiger partial charge in [-0.25, -0.2) is 0 Å². The van der Waals surface area contributed by atoms with E-state index in [0.717, 1.165) is 48.7 Å². The predicted molar refractivity (Wildman–Crippen MR) is 166 cm³/mol. The van der Waals surface area contributed by atoms with Crippen LogP contribution in [0.1, 0.15) is 43.4 Å². The van der Waals surface area contributed by atoms with Crippen molar-refractivity contribution in [2.75, 3.05) is 49.1 Å². The summed E-state index contributed by atoms with van der Waals surface area (Å²) in [5.41, 5.74) is 3.27. The maximum absolute atomic E-state index is 12.6. The third kappa shape index (κ3) is 5.52. The first-order chi connectivity index (χ1) is 21.1. The predicted octanol–water partition coefficient (Wildman–Crippen LogP) is 4.12. The van der Waals surface area contributed by atoms with Crippen molar-refractivity contribution < 1.29 is 9.53 Å². The lowest BCUT2D eigenvalue weighted by Crippen LogP contribution is -2.55. The van der Waals surface area contributed by atoms with Crippen LogP contribution in [-0.4, -0.2) is 83.1 Å². The topological polar surface area (TPSA) is 88.8 Å². The molecule has 1 aliphatic carbocycles. The molecule has 0 bridgehead atoms. The summed E-state index contributed by atoms with van der Waals surface area (Å²) in [5.74, 6) is 0.746. The average molecular weight is 577 g/mol. The summed E-state index contributed by atoms with van der Waals surface area (Å²) in [4.78, 5) is 31.6. The Balaban J connectivity index is 1.20. The molecule has 7 rings (SSSR count). The number of hydrogen-bond acceptors (Lipinski definition) is 8. The van der Waals surface area contributed by atoms with Gasteiger partial charge in [-0.1, -0.05) is 30.8 Å². The Morgan fingerprint density at radius 1 is 1.09 bits per heavy atom. The number of carbonyl (C=O) groups excluding carboxylic acids is 1. The molecule has 2 atom stereocenters. The molecule has 0 N–H and O–H groups in total. The summed E-state index contributed by atoms with van der Waals surface area (Å²) in [6, 6.07) is 19.5. The van der Waals surface area contributed by atoms with Crippen LogP contribution >= 0.6 is 0 Å². The minimum absolute atomic E-state index is 0.132. The molecule has 2 saturated heterocycles. The minimum atomic E-state index is -0.226. The molecule has 1 aromatic heterocycles. The van der Waals surface area contributed by atoms with Crippen LogP contribution < -0.4 is 14.5 Å². The van der Waals surface area contributed by atoms with Gasteiger partial charge in [0, 0.05) is 54.9 Å². The first-order valence-corrected chi connectivity index (χ1v) is 15.6. The molecule has 1 saturated carbocycles. The van der Waals surface area contributed by atoms with Crippen LogP contribution in [0.2, 0.25) is 0 Å². The fourth-order valence-electron chi connectivity index (χ4n) is 7.16. The number of hydrogen-bond donors (Lipinski definition) is 0. The molecule has 1 amide bonds. The number of piperazine rings is 1. The minimum Gasteiger partial charge on any atom is -0.462 e. The van der Waals surface area contributed by atoms with E-state index in [-0.39, 0.29) is 18.4 Å². The Bertz CT molecular complexity index is 1560. The van der Waals surface area contributed by atoms with Gasteiger partial charge in [0.2, 0.25) is 5.91 Å². The third-order valence-electron chi connectivity index (χ3n) is 9.47. The molecule has 3 aliphatic heterocycles. The summed E-state index contributed by atoms with van der Waals surface area (Å²) in [6.45, 7) is 8.58. The Morgan fingerprint density at radius 2 is 1.98 bits per heavy atom. The second-order valence-corrected chi connectivity index (χ2v) is 12.1. The molecule has 0 unspecified atom stereocenters. The SMILES string of the molecule is C=CC(=O)N1CCN(c2nc(OC[C@@H]3CCCN3C3CC3)nc3c2CCN(c2c[c]cc4ccccc24)C3)C[C@@H]1CC#N. The van der Waals surface area contributed by atoms with Crippen LogP contribution in [-0.2, 0) is 17.8 Å². The van der Waals surface area contributed by atoms with Gasteiger partial charge in [-0.05, 0) is 68.3 Å². The Kier molecular flexibility index (Phi) is 7.62. The molecule has 0 spiro atoms. The summed E-state index contributed by atoms with van der Waals surface area (Å²) in [6.07, 6.45) is 7.34. The number of ether oxygens (including phenoxy) is 1. The first-order valence-electron chi connectivity index (χ1n) is 15.6. The zero-order chi connectivity index (χ0) is 29.3. The lowest BCUT2D eigenvalue weighted by Gasteiger charge is -2.42. The maximum Gasteiger partial charge on any atom is 0.318 e. The first kappa shape index (κ1) is 27.7. The largest absolute Gasteiger partial charge is 0.462 e. The van der Waals surface area contributed by atoms with Crippen LogP contribution in [0.4, 0.5) is 11.5 Å². The number of aromatic nitrogens is 2. The molecular formula is C34H38N7O2. The van der Waals surface area contributed by atoms with Gasteiger partial charge < -0.3 is 19.4 Å². The summed E-state index contributed by atoms with van der Waals surface area (Å²) in [5, 5.41) is 11.9. The van der Waals surface area contributed by atoms with Gasteiger partial charge in [-0.2, -0.15) is 15.2 Å². The number of rotatable bonds is 8. The second-order valence-electron chi connectivity index (χ2n) is 12.1. The molecule has 221 valence electrons. The van der Waals surface area contributed by atoms with Crippen molar-refractivity contribution in [2.45, 2.75) is 63.2 Å². The zero-order valence-corrected chi connectivity index (χ0v) is 24.6. The van der Waals surface area contributed by atoms with Crippen molar-refractivity contribution >= 4 is 28.2 Å². The molecule has 1 radical (unpaired) electrons. The van der Waals surface area contributed by atoms with E-state index >= 15 is 0 Å². The summed E-state index contributed by atoms with van der Waals surface area (Å²) < 4.78 is 6.41. The van der Waals surface area contributed by atoms with E-state index < -0.39 is 0 Å². The standard InChI is InChI=1S/C34H38N7O2/c1-2-32(42)41-20-19-39(21-26(41)14-16-35)33-29-15-18-38(31-11-5-8-24-7-3-4-10-28(24)31)22-30(29)36-34(37-33)43-23-27-9-6-17-40(27)25-12-13-25/h2-4,7-8,10-11,25-27H,1,6,9,12-15,17-23H2/t26-,27-/m0/s1. The van der Waals surface area contributed by atoms with Gasteiger partial charge in [0.1, 0.15) is 12.4 Å². The van der Waals surface area contributed by atoms with E-state index in [0.29, 0.717) is 50.9 Å². The monoisotopic (exact) mass is 576 g/mol. The zero-order valence-electron chi connectivity index (χ0n) is 24.6. The highest BCUT2D eigenvalue weighted by Gasteiger charge is 2.38. The van der Waals surface area contributed by atoms with Gasteiger partial charge in [-0.3, -0.25) is 9.69 Å². The van der Waals surface area contributed by atoms with E-state index in [9.17, 15) is 10.1 Å². The van der Waals surface area contributed by atoms with Gasteiger partial charge >= 0.3 is 6.01 Å². The highest BCUT2D eigenvalue weighted by molar-refractivity contribution is 5.94. The fourth-order valence-corrected chi connectivity index (χ4v) is 7.16. The lowest BCUT2D eigenvalue weighted by molar-refractivity contribution is -0.128. The number of nitriles is 1. The molecule has 4 heterocycles. The van der Waals surface area contributed by atoms with Crippen molar-refractivity contribution in [1.29, 1.82) is 5.26 Å². The van der Waals surface area contributed by atoms with Crippen LogP contribution in [0.15, 0.2) is 49.1 Å². The summed E-state index contributed by atoms with van der Waals surface area (Å²) >= 11 is 0. The van der Waals surface area contributed by atoms with Crippen molar-refractivity contribution in [3.63, 3.8) is 0 Å². The van der Waals surface area contributed by atoms with Gasteiger partial charge in [0.15, 0.2) is 0 Å². The van der Waals surface area contributed by atoms with Crippen molar-refractivity contribution in [3.05, 3.63) is 66.4 Å². The van der Waals surface area contributed by atoms with E-state index in [1.54, 1.807) is 4.90 Å². The molecule has 9 heteroatoms. The van der Waals surface area contributed by atoms with E-state index in [2.05, 4.69) is 63.7 Å². The average Bonchev–Trinajstić information content (AvgIpc) is 3.79. The van der Waals surface area contributed by atoms with E-state index in [4.69, 9.17) is 14.7 Å². The summed E-state index contributed by atoms with van der Waals surface area (Å²) in [7, 11) is 0. The van der Waals surface area contributed by atoms with E-state index in [1.165, 1.54) is 36.1 Å². The second kappa shape index (κ2) is 11.8. The molecular weight excluding hydrogens is 538 g/mol. The Labute approximate surface area is 253 Å². The molecule has 3 aromatic rings. The van der Waals surface area contributed by atoms with E-state index in [1.807, 2.05) is 6.07 Å². The van der Waals surface area contributed by atoms with Crippen molar-refractivity contribution in [3.8, 4) is 12.1 Å². The Morgan fingerprint density at radius 3 is 2.81 bits per heavy atom. The van der Waals surface area contributed by atoms with Crippen LogP contribution in [0, 0.1) is 17.4 Å². The van der Waals surface area contributed by atoms with Crippen molar-refractivity contribution in [1.82, 2.24) is 19.8 Å². The van der Waals surface area contributed by atoms with Crippen LogP contribution in [0.5, 0.6) is 6.01 Å². The van der Waals surface area contributed by atoms with Gasteiger partial charge in [0.25, 0.3) is 0 Å². The number of benzene rings is 2. The Hall–Kier alpha value is -4.16. The molecule has 3 fully saturated rings. The van der Waals surface area contributed by atoms with Gasteiger partial charge in [0.05, 0.1) is 30.8 Å². The number of likely N-dealkylation sites (tertiary alicyclic amines) is 1. The van der Waals surface area contributed by atoms with Crippen LogP contribution in [0.3, 0.4) is 0 Å². The van der Waals surface area contributed by atoms with Crippen molar-refractivity contribution in [2.24, 2.45) is 0 Å². The number of anilines is 2. The lowest BCUT2D eigenvalue weighted by atomic mass is 10.0. The number of amides is 1. The smallest absolute Gasteiger partial charge is 0.318 e. The number of fused-ring (bicyclic) bond motifs is 2. The molecule has 2 aromatic carbocycles. The molecule has 9 nitrogen and oxygen atoms in total. The molecule has 4 aliphatic rings. The fraction of sp³-hybridized carbons (Fsp3) is 0.471. The quantitative estimate of drug-likeness (QED) is 0.370. The highest BCUT2D eigenvalue weighted by atomic mass is 16.5. The molecule has 43 heavy (non-hydrogen) atoms.